The molecule has 0 saturated heterocycles. The van der Waals surface area contributed by atoms with Gasteiger partial charge in [-0.2, -0.15) is 0 Å². The normalized spacial score (nSPS) is 10.5. The zero-order valence-electron chi connectivity index (χ0n) is 13.4. The molecule has 2 aromatic rings. The van der Waals surface area contributed by atoms with Crippen molar-refractivity contribution in [1.82, 2.24) is 15.5 Å². The molecule has 0 atom stereocenters. The highest BCUT2D eigenvalue weighted by Crippen LogP contribution is 2.24. The van der Waals surface area contributed by atoms with Gasteiger partial charge in [-0.15, -0.1) is 10.2 Å². The minimum Gasteiger partial charge on any atom is -0.490 e. The molecule has 0 radical (unpaired) electrons. The summed E-state index contributed by atoms with van der Waals surface area (Å²) < 4.78 is 6.45. The number of rotatable bonds is 5. The number of ether oxygens (including phenoxy) is 1. The Hall–Kier alpha value is -1.58. The number of anilines is 1. The van der Waals surface area contributed by atoms with Crippen LogP contribution in [0.5, 0.6) is 5.75 Å². The molecule has 24 heavy (non-hydrogen) atoms. The highest BCUT2D eigenvalue weighted by molar-refractivity contribution is 9.10. The summed E-state index contributed by atoms with van der Waals surface area (Å²) in [5.41, 5.74) is 0.397. The Morgan fingerprint density at radius 1 is 1.42 bits per heavy atom. The van der Waals surface area contributed by atoms with Gasteiger partial charge in [0.05, 0.1) is 11.7 Å². The molecule has 0 aliphatic heterocycles. The van der Waals surface area contributed by atoms with Crippen LogP contribution in [-0.2, 0) is 6.42 Å². The molecule has 0 unspecified atom stereocenters. The van der Waals surface area contributed by atoms with E-state index in [1.54, 1.807) is 12.1 Å². The standard InChI is InChI=1S/C15H17BrN4O2S2/c1-4-12-19-20-15(24-12)18-14(23)17-13(21)10-7-9(16)5-6-11(10)22-8(2)3/h5-8H,4H2,1-3H3,(H2,17,18,20,21,23). The lowest BCUT2D eigenvalue weighted by molar-refractivity contribution is 0.0972. The van der Waals surface area contributed by atoms with Crippen molar-refractivity contribution < 1.29 is 9.53 Å². The molecule has 2 N–H and O–H groups in total. The maximum Gasteiger partial charge on any atom is 0.261 e. The van der Waals surface area contributed by atoms with E-state index in [2.05, 4.69) is 36.8 Å². The first kappa shape index (κ1) is 18.8. The number of halogens is 1. The van der Waals surface area contributed by atoms with Crippen LogP contribution < -0.4 is 15.4 Å². The van der Waals surface area contributed by atoms with Gasteiger partial charge in [0.15, 0.2) is 5.11 Å². The van der Waals surface area contributed by atoms with Crippen LogP contribution in [0.2, 0.25) is 0 Å². The molecular weight excluding hydrogens is 412 g/mol. The second-order valence-electron chi connectivity index (χ2n) is 5.07. The monoisotopic (exact) mass is 428 g/mol. The van der Waals surface area contributed by atoms with Gasteiger partial charge in [-0.3, -0.25) is 10.1 Å². The second-order valence-corrected chi connectivity index (χ2v) is 7.46. The topological polar surface area (TPSA) is 76.1 Å². The predicted octanol–water partition coefficient (Wildman–Crippen LogP) is 3.78. The molecule has 1 heterocycles. The highest BCUT2D eigenvalue weighted by Gasteiger charge is 2.16. The van der Waals surface area contributed by atoms with Crippen LogP contribution in [0.15, 0.2) is 22.7 Å². The number of hydrogen-bond acceptors (Lipinski definition) is 6. The highest BCUT2D eigenvalue weighted by atomic mass is 79.9. The lowest BCUT2D eigenvalue weighted by Crippen LogP contribution is -2.34. The number of aryl methyl sites for hydroxylation is 1. The Morgan fingerprint density at radius 2 is 2.17 bits per heavy atom. The van der Waals surface area contributed by atoms with E-state index in [1.165, 1.54) is 11.3 Å². The fraction of sp³-hybridized carbons (Fsp3) is 0.333. The predicted molar refractivity (Wildman–Crippen MR) is 103 cm³/mol. The quantitative estimate of drug-likeness (QED) is 0.705. The van der Waals surface area contributed by atoms with Crippen LogP contribution in [0.4, 0.5) is 5.13 Å². The van der Waals surface area contributed by atoms with E-state index in [4.69, 9.17) is 17.0 Å². The fourth-order valence-electron chi connectivity index (χ4n) is 1.78. The third kappa shape index (κ3) is 5.22. The van der Waals surface area contributed by atoms with Crippen molar-refractivity contribution >= 4 is 55.6 Å². The van der Waals surface area contributed by atoms with Gasteiger partial charge >= 0.3 is 0 Å². The van der Waals surface area contributed by atoms with Crippen molar-refractivity contribution in [3.63, 3.8) is 0 Å². The molecule has 128 valence electrons. The van der Waals surface area contributed by atoms with Crippen molar-refractivity contribution in [2.24, 2.45) is 0 Å². The summed E-state index contributed by atoms with van der Waals surface area (Å²) in [5, 5.41) is 15.1. The summed E-state index contributed by atoms with van der Waals surface area (Å²) in [4.78, 5) is 12.5. The molecular formula is C15H17BrN4O2S2. The van der Waals surface area contributed by atoms with E-state index in [0.717, 1.165) is 15.9 Å². The average molecular weight is 429 g/mol. The largest absolute Gasteiger partial charge is 0.490 e. The number of amides is 1. The Kier molecular flexibility index (Phi) is 6.64. The molecule has 0 saturated carbocycles. The van der Waals surface area contributed by atoms with Crippen molar-refractivity contribution in [1.29, 1.82) is 0 Å². The van der Waals surface area contributed by atoms with E-state index in [-0.39, 0.29) is 17.1 Å². The third-order valence-corrected chi connectivity index (χ3v) is 4.45. The van der Waals surface area contributed by atoms with Gasteiger partial charge in [-0.05, 0) is 50.7 Å². The molecule has 2 rings (SSSR count). The first-order valence-electron chi connectivity index (χ1n) is 7.30. The summed E-state index contributed by atoms with van der Waals surface area (Å²) >= 11 is 9.92. The van der Waals surface area contributed by atoms with Crippen LogP contribution in [0.25, 0.3) is 0 Å². The molecule has 0 aliphatic rings. The molecule has 6 nitrogen and oxygen atoms in total. The third-order valence-electron chi connectivity index (χ3n) is 2.77. The lowest BCUT2D eigenvalue weighted by Gasteiger charge is -2.14. The molecule has 0 fully saturated rings. The Labute approximate surface area is 158 Å². The van der Waals surface area contributed by atoms with Gasteiger partial charge in [-0.1, -0.05) is 34.2 Å². The number of nitrogens with zero attached hydrogens (tertiary/aromatic N) is 2. The number of carbonyl (C=O) groups excluding carboxylic acids is 1. The molecule has 1 amide bonds. The molecule has 0 bridgehead atoms. The maximum absolute atomic E-state index is 12.5. The number of hydrogen-bond donors (Lipinski definition) is 2. The molecule has 1 aromatic carbocycles. The SMILES string of the molecule is CCc1nnc(NC(=S)NC(=O)c2cc(Br)ccc2OC(C)C)s1. The Morgan fingerprint density at radius 3 is 2.79 bits per heavy atom. The van der Waals surface area contributed by atoms with E-state index in [1.807, 2.05) is 26.8 Å². The fourth-order valence-corrected chi connectivity index (χ4v) is 3.08. The van der Waals surface area contributed by atoms with E-state index < -0.39 is 0 Å². The molecule has 0 spiro atoms. The number of benzene rings is 1. The Balaban J connectivity index is 2.08. The van der Waals surface area contributed by atoms with Crippen LogP contribution in [0.3, 0.4) is 0 Å². The van der Waals surface area contributed by atoms with Gasteiger partial charge < -0.3 is 10.1 Å². The zero-order valence-corrected chi connectivity index (χ0v) is 16.6. The summed E-state index contributed by atoms with van der Waals surface area (Å²) in [7, 11) is 0. The van der Waals surface area contributed by atoms with Crippen LogP contribution in [0, 0.1) is 0 Å². The molecule has 9 heteroatoms. The van der Waals surface area contributed by atoms with Gasteiger partial charge in [0.1, 0.15) is 10.8 Å². The van der Waals surface area contributed by atoms with Gasteiger partial charge in [0.2, 0.25) is 5.13 Å². The van der Waals surface area contributed by atoms with Crippen molar-refractivity contribution in [2.75, 3.05) is 5.32 Å². The minimum absolute atomic E-state index is 0.0448. The van der Waals surface area contributed by atoms with E-state index >= 15 is 0 Å². The van der Waals surface area contributed by atoms with E-state index in [0.29, 0.717) is 16.4 Å². The maximum atomic E-state index is 12.5. The second kappa shape index (κ2) is 8.50. The van der Waals surface area contributed by atoms with Crippen LogP contribution >= 0.6 is 39.5 Å². The van der Waals surface area contributed by atoms with Gasteiger partial charge in [0.25, 0.3) is 5.91 Å². The van der Waals surface area contributed by atoms with Crippen molar-refractivity contribution in [2.45, 2.75) is 33.3 Å². The first-order chi connectivity index (χ1) is 11.4. The number of carbonyl (C=O) groups is 1. The van der Waals surface area contributed by atoms with Crippen LogP contribution in [-0.4, -0.2) is 27.3 Å². The number of nitrogens with one attached hydrogen (secondary N) is 2. The lowest BCUT2D eigenvalue weighted by atomic mass is 10.2. The number of thiocarbonyl (C=S) groups is 1. The first-order valence-corrected chi connectivity index (χ1v) is 9.31. The smallest absolute Gasteiger partial charge is 0.261 e. The summed E-state index contributed by atoms with van der Waals surface area (Å²) in [5.74, 6) is 0.141. The minimum atomic E-state index is -0.357. The average Bonchev–Trinajstić information content (AvgIpc) is 2.95. The summed E-state index contributed by atoms with van der Waals surface area (Å²) in [6.07, 6.45) is 0.753. The summed E-state index contributed by atoms with van der Waals surface area (Å²) in [6, 6.07) is 5.25. The van der Waals surface area contributed by atoms with E-state index in [9.17, 15) is 4.79 Å². The van der Waals surface area contributed by atoms with Crippen LogP contribution in [0.1, 0.15) is 36.1 Å². The molecule has 0 aliphatic carbocycles. The summed E-state index contributed by atoms with van der Waals surface area (Å²) in [6.45, 7) is 5.79. The molecule has 1 aromatic heterocycles. The van der Waals surface area contributed by atoms with Crippen molar-refractivity contribution in [3.05, 3.63) is 33.2 Å². The van der Waals surface area contributed by atoms with Gasteiger partial charge in [-0.25, -0.2) is 0 Å². The van der Waals surface area contributed by atoms with Gasteiger partial charge in [0, 0.05) is 4.47 Å². The van der Waals surface area contributed by atoms with Crippen molar-refractivity contribution in [3.8, 4) is 5.75 Å². The Bertz CT molecular complexity index is 749. The zero-order chi connectivity index (χ0) is 17.7. The number of aromatic nitrogens is 2.